The smallest absolute Gasteiger partial charge is 0.262 e. The van der Waals surface area contributed by atoms with Gasteiger partial charge < -0.3 is 19.9 Å². The molecular formula is C21H30N4O3S. The zero-order valence-electron chi connectivity index (χ0n) is 17.0. The molecule has 2 heterocycles. The number of nitrogens with zero attached hydrogens (tertiary/aromatic N) is 2. The number of methoxy groups -OCH3 is 1. The number of rotatable bonds is 9. The standard InChI is InChI=1S/C21H30N4O3S/c1-28-14-6-13-25-20(27)17-8-7-16(15-18(17)23-21(25)29)19(26)22-9-5-12-24-10-3-2-4-11-24/h7-8,15H,2-6,9-14H2,1H3,(H,22,26)(H,23,29). The second-order valence-electron chi connectivity index (χ2n) is 7.51. The number of likely N-dealkylation sites (tertiary alicyclic amines) is 1. The Morgan fingerprint density at radius 3 is 2.76 bits per heavy atom. The molecule has 1 aromatic heterocycles. The summed E-state index contributed by atoms with van der Waals surface area (Å²) in [7, 11) is 1.63. The first kappa shape index (κ1) is 21.7. The fraction of sp³-hybridized carbons (Fsp3) is 0.571. The van der Waals surface area contributed by atoms with Crippen LogP contribution in [-0.4, -0.2) is 60.3 Å². The number of aromatic nitrogens is 2. The van der Waals surface area contributed by atoms with Gasteiger partial charge in [0.15, 0.2) is 4.77 Å². The van der Waals surface area contributed by atoms with Crippen molar-refractivity contribution in [1.29, 1.82) is 0 Å². The fourth-order valence-corrected chi connectivity index (χ4v) is 4.04. The Morgan fingerprint density at radius 1 is 1.21 bits per heavy atom. The van der Waals surface area contributed by atoms with Gasteiger partial charge in [0.2, 0.25) is 0 Å². The number of ether oxygens (including phenoxy) is 1. The minimum atomic E-state index is -0.145. The van der Waals surface area contributed by atoms with Crippen LogP contribution in [0.25, 0.3) is 10.9 Å². The molecule has 158 valence electrons. The lowest BCUT2D eigenvalue weighted by atomic mass is 10.1. The van der Waals surface area contributed by atoms with Crippen LogP contribution in [0.1, 0.15) is 42.5 Å². The molecule has 7 nitrogen and oxygen atoms in total. The van der Waals surface area contributed by atoms with Crippen LogP contribution in [0.2, 0.25) is 0 Å². The molecule has 2 N–H and O–H groups in total. The Balaban J connectivity index is 1.62. The number of nitrogens with one attached hydrogen (secondary N) is 2. The summed E-state index contributed by atoms with van der Waals surface area (Å²) < 4.78 is 6.94. The third kappa shape index (κ3) is 5.74. The van der Waals surface area contributed by atoms with Crippen molar-refractivity contribution in [3.63, 3.8) is 0 Å². The largest absolute Gasteiger partial charge is 0.385 e. The summed E-state index contributed by atoms with van der Waals surface area (Å²) in [6.07, 6.45) is 5.53. The molecule has 1 fully saturated rings. The molecule has 1 aliphatic heterocycles. The zero-order valence-corrected chi connectivity index (χ0v) is 17.9. The average Bonchev–Trinajstić information content (AvgIpc) is 2.74. The Kier molecular flexibility index (Phi) is 7.97. The highest BCUT2D eigenvalue weighted by molar-refractivity contribution is 7.71. The molecule has 0 saturated carbocycles. The molecule has 2 aromatic rings. The highest BCUT2D eigenvalue weighted by Gasteiger charge is 2.12. The van der Waals surface area contributed by atoms with Gasteiger partial charge in [-0.1, -0.05) is 6.42 Å². The fourth-order valence-electron chi connectivity index (χ4n) is 3.76. The van der Waals surface area contributed by atoms with Crippen LogP contribution in [0, 0.1) is 4.77 Å². The van der Waals surface area contributed by atoms with Crippen LogP contribution in [0.15, 0.2) is 23.0 Å². The molecule has 8 heteroatoms. The van der Waals surface area contributed by atoms with E-state index in [1.807, 2.05) is 0 Å². The van der Waals surface area contributed by atoms with E-state index >= 15 is 0 Å². The third-order valence-corrected chi connectivity index (χ3v) is 5.68. The molecule has 3 rings (SSSR count). The van der Waals surface area contributed by atoms with Crippen LogP contribution in [0.3, 0.4) is 0 Å². The van der Waals surface area contributed by atoms with E-state index in [0.29, 0.717) is 47.4 Å². The van der Waals surface area contributed by atoms with Gasteiger partial charge in [-0.05, 0) is 75.7 Å². The molecule has 0 atom stereocenters. The second-order valence-corrected chi connectivity index (χ2v) is 7.89. The Morgan fingerprint density at radius 2 is 2.00 bits per heavy atom. The lowest BCUT2D eigenvalue weighted by Crippen LogP contribution is -2.33. The van der Waals surface area contributed by atoms with Crippen LogP contribution in [-0.2, 0) is 11.3 Å². The zero-order chi connectivity index (χ0) is 20.6. The molecule has 1 amide bonds. The van der Waals surface area contributed by atoms with E-state index < -0.39 is 0 Å². The van der Waals surface area contributed by atoms with E-state index in [2.05, 4.69) is 15.2 Å². The number of aromatic amines is 1. The van der Waals surface area contributed by atoms with Gasteiger partial charge >= 0.3 is 0 Å². The summed E-state index contributed by atoms with van der Waals surface area (Å²) in [5, 5.41) is 3.50. The number of piperidine rings is 1. The second kappa shape index (κ2) is 10.7. The lowest BCUT2D eigenvalue weighted by Gasteiger charge is -2.26. The van der Waals surface area contributed by atoms with Crippen molar-refractivity contribution in [1.82, 2.24) is 19.8 Å². The van der Waals surface area contributed by atoms with E-state index in [9.17, 15) is 9.59 Å². The van der Waals surface area contributed by atoms with Crippen molar-refractivity contribution in [2.45, 2.75) is 38.6 Å². The highest BCUT2D eigenvalue weighted by Crippen LogP contribution is 2.12. The maximum atomic E-state index is 12.7. The predicted octanol–water partition coefficient (Wildman–Crippen LogP) is 2.70. The van der Waals surface area contributed by atoms with Gasteiger partial charge in [0.25, 0.3) is 11.5 Å². The number of amides is 1. The van der Waals surface area contributed by atoms with Crippen molar-refractivity contribution in [3.8, 4) is 0 Å². The van der Waals surface area contributed by atoms with Gasteiger partial charge in [-0.2, -0.15) is 0 Å². The summed E-state index contributed by atoms with van der Waals surface area (Å²) in [6.45, 7) is 5.06. The first-order valence-electron chi connectivity index (χ1n) is 10.4. The predicted molar refractivity (Wildman–Crippen MR) is 117 cm³/mol. The van der Waals surface area contributed by atoms with Crippen LogP contribution in [0.5, 0.6) is 0 Å². The molecule has 0 bridgehead atoms. The van der Waals surface area contributed by atoms with Crippen LogP contribution in [0.4, 0.5) is 0 Å². The normalized spacial score (nSPS) is 14.9. The Labute approximate surface area is 176 Å². The minimum Gasteiger partial charge on any atom is -0.385 e. The van der Waals surface area contributed by atoms with Crippen molar-refractivity contribution in [2.75, 3.05) is 39.9 Å². The number of benzene rings is 1. The monoisotopic (exact) mass is 418 g/mol. The number of hydrogen-bond acceptors (Lipinski definition) is 5. The minimum absolute atomic E-state index is 0.130. The Bertz CT molecular complexity index is 947. The Hall–Kier alpha value is -2.03. The molecule has 1 saturated heterocycles. The summed E-state index contributed by atoms with van der Waals surface area (Å²) in [5.41, 5.74) is 0.968. The first-order valence-corrected chi connectivity index (χ1v) is 10.8. The van der Waals surface area contributed by atoms with E-state index in [1.54, 1.807) is 25.3 Å². The topological polar surface area (TPSA) is 79.4 Å². The summed E-state index contributed by atoms with van der Waals surface area (Å²) in [6, 6.07) is 5.09. The van der Waals surface area contributed by atoms with Gasteiger partial charge in [0.05, 0.1) is 10.9 Å². The van der Waals surface area contributed by atoms with Gasteiger partial charge in [0, 0.05) is 32.4 Å². The van der Waals surface area contributed by atoms with Crippen molar-refractivity contribution in [2.24, 2.45) is 0 Å². The number of carbonyl (C=O) groups is 1. The van der Waals surface area contributed by atoms with Gasteiger partial charge in [-0.15, -0.1) is 0 Å². The van der Waals surface area contributed by atoms with Crippen LogP contribution < -0.4 is 10.9 Å². The summed E-state index contributed by atoms with van der Waals surface area (Å²) in [5.74, 6) is -0.130. The molecule has 29 heavy (non-hydrogen) atoms. The van der Waals surface area contributed by atoms with Gasteiger partial charge in [0.1, 0.15) is 0 Å². The highest BCUT2D eigenvalue weighted by atomic mass is 32.1. The van der Waals surface area contributed by atoms with E-state index in [4.69, 9.17) is 17.0 Å². The molecule has 0 aliphatic carbocycles. The van der Waals surface area contributed by atoms with Gasteiger partial charge in [-0.25, -0.2) is 0 Å². The van der Waals surface area contributed by atoms with Crippen molar-refractivity contribution >= 4 is 29.0 Å². The number of H-pyrrole nitrogens is 1. The number of fused-ring (bicyclic) bond motifs is 1. The van der Waals surface area contributed by atoms with Crippen molar-refractivity contribution < 1.29 is 9.53 Å². The molecule has 1 aliphatic rings. The lowest BCUT2D eigenvalue weighted by molar-refractivity contribution is 0.0951. The number of hydrogen-bond donors (Lipinski definition) is 2. The van der Waals surface area contributed by atoms with E-state index in [0.717, 1.165) is 13.0 Å². The van der Waals surface area contributed by atoms with E-state index in [-0.39, 0.29) is 11.5 Å². The average molecular weight is 419 g/mol. The van der Waals surface area contributed by atoms with Crippen molar-refractivity contribution in [3.05, 3.63) is 38.9 Å². The third-order valence-electron chi connectivity index (χ3n) is 5.36. The first-order chi connectivity index (χ1) is 14.1. The molecule has 0 radical (unpaired) electrons. The summed E-state index contributed by atoms with van der Waals surface area (Å²) >= 11 is 5.33. The van der Waals surface area contributed by atoms with Gasteiger partial charge in [-0.3, -0.25) is 14.2 Å². The molecule has 1 aromatic carbocycles. The summed E-state index contributed by atoms with van der Waals surface area (Å²) in [4.78, 5) is 30.7. The molecular weight excluding hydrogens is 388 g/mol. The quantitative estimate of drug-likeness (QED) is 0.484. The van der Waals surface area contributed by atoms with E-state index in [1.165, 1.54) is 36.9 Å². The maximum Gasteiger partial charge on any atom is 0.262 e. The molecule has 0 unspecified atom stereocenters. The SMILES string of the molecule is COCCCn1c(=S)[nH]c2cc(C(=O)NCCCN3CCCCC3)ccc2c1=O. The number of carbonyl (C=O) groups excluding carboxylic acids is 1. The van der Waals surface area contributed by atoms with Crippen LogP contribution >= 0.6 is 12.2 Å². The molecule has 0 spiro atoms. The maximum absolute atomic E-state index is 12.7.